The number of aromatic nitrogens is 2. The lowest BCUT2D eigenvalue weighted by Gasteiger charge is -2.44. The van der Waals surface area contributed by atoms with Crippen LogP contribution in [0.25, 0.3) is 11.0 Å². The number of ether oxygens (including phenoxy) is 2. The van der Waals surface area contributed by atoms with Crippen molar-refractivity contribution in [3.63, 3.8) is 0 Å². The summed E-state index contributed by atoms with van der Waals surface area (Å²) in [6, 6.07) is 31.1. The predicted octanol–water partition coefficient (Wildman–Crippen LogP) is 5.75. The minimum atomic E-state index is -3.78. The molecule has 2 aliphatic rings. The first-order valence-corrected chi connectivity index (χ1v) is 17.9. The average molecular weight is 669 g/mol. The molecule has 4 aromatic carbocycles. The van der Waals surface area contributed by atoms with Gasteiger partial charge in [-0.15, -0.1) is 0 Å². The van der Waals surface area contributed by atoms with Gasteiger partial charge in [0.2, 0.25) is 0 Å². The van der Waals surface area contributed by atoms with Crippen molar-refractivity contribution >= 4 is 26.7 Å². The van der Waals surface area contributed by atoms with Crippen LogP contribution in [0.15, 0.2) is 113 Å². The molecule has 0 bridgehead atoms. The lowest BCUT2D eigenvalue weighted by Crippen LogP contribution is -2.47. The summed E-state index contributed by atoms with van der Waals surface area (Å²) in [5.41, 5.74) is 4.65. The van der Waals surface area contributed by atoms with E-state index in [9.17, 15) is 18.3 Å². The van der Waals surface area contributed by atoms with E-state index in [0.29, 0.717) is 17.8 Å². The number of rotatable bonds is 9. The van der Waals surface area contributed by atoms with Gasteiger partial charge in [0.15, 0.2) is 6.29 Å². The summed E-state index contributed by atoms with van der Waals surface area (Å²) in [6.07, 6.45) is 0.464. The molecule has 250 valence electrons. The van der Waals surface area contributed by atoms with Crippen LogP contribution >= 0.6 is 0 Å². The first-order valence-electron chi connectivity index (χ1n) is 16.4. The maximum Gasteiger partial charge on any atom is 0.326 e. The van der Waals surface area contributed by atoms with Crippen LogP contribution in [-0.2, 0) is 26.1 Å². The second kappa shape index (κ2) is 13.7. The molecule has 0 saturated carbocycles. The third-order valence-corrected chi connectivity index (χ3v) is 11.0. The topological polar surface area (TPSA) is 126 Å². The molecule has 10 nitrogen and oxygen atoms in total. The van der Waals surface area contributed by atoms with E-state index < -0.39 is 16.3 Å². The quantitative estimate of drug-likeness (QED) is 0.183. The first-order chi connectivity index (χ1) is 23.3. The molecule has 11 heteroatoms. The standard InChI is InChI=1S/C37H40N4O6S/c1-25-34(23-40-20-18-30(19-21-40)41-33-13-6-5-12-32(33)38-37(41)43)46-36(47-35(25)27-16-14-26(24-42)15-17-27)28-8-7-9-29(22-28)39-48(44,45)31-10-3-2-4-11-31/h2-17,22,25,30,34-36,39,42H,18-21,23-24H2,1H3,(H,38,43). The number of anilines is 1. The number of sulfonamides is 1. The van der Waals surface area contributed by atoms with Gasteiger partial charge in [-0.05, 0) is 60.4 Å². The molecule has 0 amide bonds. The van der Waals surface area contributed by atoms with Crippen molar-refractivity contribution in [1.29, 1.82) is 0 Å². The SMILES string of the molecule is CC1C(CN2CCC(n3c(=O)[nH]c4ccccc43)CC2)OC(c2cccc(NS(=O)(=O)c3ccccc3)c2)OC1c1ccc(CO)cc1. The second-order valence-corrected chi connectivity index (χ2v) is 14.4. The van der Waals surface area contributed by atoms with Crippen LogP contribution in [0.1, 0.15) is 54.9 Å². The molecule has 0 spiro atoms. The summed E-state index contributed by atoms with van der Waals surface area (Å²) in [4.78, 5) is 18.4. The van der Waals surface area contributed by atoms with E-state index >= 15 is 0 Å². The van der Waals surface area contributed by atoms with Crippen molar-refractivity contribution in [1.82, 2.24) is 14.5 Å². The number of aliphatic hydroxyl groups is 1. The van der Waals surface area contributed by atoms with Crippen LogP contribution in [-0.4, -0.2) is 53.7 Å². The minimum Gasteiger partial charge on any atom is -0.392 e. The van der Waals surface area contributed by atoms with Crippen LogP contribution in [0.2, 0.25) is 0 Å². The zero-order chi connectivity index (χ0) is 33.3. The molecular formula is C37H40N4O6S. The summed E-state index contributed by atoms with van der Waals surface area (Å²) in [6.45, 7) is 4.42. The fraction of sp³-hybridized carbons (Fsp3) is 0.324. The van der Waals surface area contributed by atoms with Gasteiger partial charge in [0.05, 0.1) is 34.7 Å². The number of H-pyrrole nitrogens is 1. The fourth-order valence-corrected chi connectivity index (χ4v) is 8.01. The number of hydrogen-bond donors (Lipinski definition) is 3. The zero-order valence-corrected chi connectivity index (χ0v) is 27.6. The number of likely N-dealkylation sites (tertiary alicyclic amines) is 1. The maximum absolute atomic E-state index is 13.1. The molecular weight excluding hydrogens is 628 g/mol. The molecule has 0 aliphatic carbocycles. The summed E-state index contributed by atoms with van der Waals surface area (Å²) >= 11 is 0. The van der Waals surface area contributed by atoms with Crippen LogP contribution in [0, 0.1) is 5.92 Å². The van der Waals surface area contributed by atoms with Crippen molar-refractivity contribution in [2.75, 3.05) is 24.4 Å². The molecule has 5 aromatic rings. The normalized spacial score (nSPS) is 22.5. The third kappa shape index (κ3) is 6.69. The Bertz CT molecular complexity index is 2020. The molecule has 4 atom stereocenters. The number of piperidine rings is 1. The molecule has 0 radical (unpaired) electrons. The Morgan fingerprint density at radius 1 is 0.875 bits per heavy atom. The number of hydrogen-bond acceptors (Lipinski definition) is 7. The van der Waals surface area contributed by atoms with Crippen LogP contribution in [0.4, 0.5) is 5.69 Å². The van der Waals surface area contributed by atoms with Gasteiger partial charge in [-0.25, -0.2) is 13.2 Å². The highest BCUT2D eigenvalue weighted by molar-refractivity contribution is 7.92. The van der Waals surface area contributed by atoms with E-state index in [1.165, 1.54) is 0 Å². The summed E-state index contributed by atoms with van der Waals surface area (Å²) in [7, 11) is -3.78. The Labute approximate surface area is 280 Å². The van der Waals surface area contributed by atoms with Crippen molar-refractivity contribution in [3.05, 3.63) is 130 Å². The molecule has 3 N–H and O–H groups in total. The Morgan fingerprint density at radius 3 is 2.35 bits per heavy atom. The smallest absolute Gasteiger partial charge is 0.326 e. The van der Waals surface area contributed by atoms with Gasteiger partial charge in [0.1, 0.15) is 0 Å². The predicted molar refractivity (Wildman–Crippen MR) is 184 cm³/mol. The van der Waals surface area contributed by atoms with Gasteiger partial charge in [-0.3, -0.25) is 9.29 Å². The molecule has 48 heavy (non-hydrogen) atoms. The Balaban J connectivity index is 1.11. The third-order valence-electron chi connectivity index (χ3n) is 9.57. The van der Waals surface area contributed by atoms with E-state index in [1.54, 1.807) is 48.5 Å². The molecule has 2 aliphatic heterocycles. The van der Waals surface area contributed by atoms with Gasteiger partial charge in [0.25, 0.3) is 10.0 Å². The van der Waals surface area contributed by atoms with E-state index in [0.717, 1.165) is 48.1 Å². The Kier molecular flexibility index (Phi) is 9.21. The average Bonchev–Trinajstić information content (AvgIpc) is 3.45. The van der Waals surface area contributed by atoms with Gasteiger partial charge in [-0.2, -0.15) is 0 Å². The van der Waals surface area contributed by atoms with Crippen LogP contribution in [0.5, 0.6) is 0 Å². The van der Waals surface area contributed by atoms with Crippen molar-refractivity contribution in [3.8, 4) is 0 Å². The van der Waals surface area contributed by atoms with Gasteiger partial charge in [-0.1, -0.05) is 73.7 Å². The molecule has 3 heterocycles. The lowest BCUT2D eigenvalue weighted by molar-refractivity contribution is -0.276. The van der Waals surface area contributed by atoms with E-state index in [-0.39, 0.29) is 41.4 Å². The lowest BCUT2D eigenvalue weighted by atomic mass is 9.89. The number of nitrogens with zero attached hydrogens (tertiary/aromatic N) is 2. The van der Waals surface area contributed by atoms with Crippen molar-refractivity contribution in [2.24, 2.45) is 5.92 Å². The summed E-state index contributed by atoms with van der Waals surface area (Å²) in [5.74, 6) is -0.00467. The van der Waals surface area contributed by atoms with E-state index in [4.69, 9.17) is 9.47 Å². The van der Waals surface area contributed by atoms with Crippen molar-refractivity contribution in [2.45, 2.75) is 55.8 Å². The molecule has 1 aromatic heterocycles. The number of para-hydroxylation sites is 2. The van der Waals surface area contributed by atoms with E-state index in [1.807, 2.05) is 59.2 Å². The fourth-order valence-electron chi connectivity index (χ4n) is 6.94. The van der Waals surface area contributed by atoms with E-state index in [2.05, 4.69) is 21.5 Å². The number of imidazole rings is 1. The monoisotopic (exact) mass is 668 g/mol. The summed E-state index contributed by atoms with van der Waals surface area (Å²) < 4.78 is 44.0. The number of nitrogens with one attached hydrogen (secondary N) is 2. The number of benzene rings is 4. The zero-order valence-electron chi connectivity index (χ0n) is 26.7. The molecule has 2 fully saturated rings. The highest BCUT2D eigenvalue weighted by atomic mass is 32.2. The summed E-state index contributed by atoms with van der Waals surface area (Å²) in [5, 5.41) is 9.61. The maximum atomic E-state index is 13.1. The highest BCUT2D eigenvalue weighted by Gasteiger charge is 2.40. The molecule has 2 saturated heterocycles. The highest BCUT2D eigenvalue weighted by Crippen LogP contribution is 2.42. The largest absolute Gasteiger partial charge is 0.392 e. The van der Waals surface area contributed by atoms with Crippen molar-refractivity contribution < 1.29 is 23.0 Å². The Hall–Kier alpha value is -4.26. The van der Waals surface area contributed by atoms with Gasteiger partial charge in [0, 0.05) is 42.8 Å². The number of aliphatic hydroxyl groups excluding tert-OH is 1. The molecule has 7 rings (SSSR count). The van der Waals surface area contributed by atoms with Crippen LogP contribution < -0.4 is 10.4 Å². The molecule has 4 unspecified atom stereocenters. The number of aromatic amines is 1. The number of fused-ring (bicyclic) bond motifs is 1. The van der Waals surface area contributed by atoms with Gasteiger partial charge < -0.3 is 24.5 Å². The Morgan fingerprint density at radius 2 is 1.60 bits per heavy atom. The van der Waals surface area contributed by atoms with Crippen LogP contribution in [0.3, 0.4) is 0 Å². The first kappa shape index (κ1) is 32.3. The minimum absolute atomic E-state index is 0.00467. The second-order valence-electron chi connectivity index (χ2n) is 12.7. The van der Waals surface area contributed by atoms with Gasteiger partial charge >= 0.3 is 5.69 Å².